The number of urea groups is 1. The Labute approximate surface area is 152 Å². The maximum Gasteiger partial charge on any atom is 0.324 e. The Morgan fingerprint density at radius 2 is 2.27 bits per heavy atom. The van der Waals surface area contributed by atoms with Crippen LogP contribution in [0, 0.1) is 0 Å². The number of aromatic nitrogens is 2. The van der Waals surface area contributed by atoms with E-state index in [4.69, 9.17) is 8.83 Å². The van der Waals surface area contributed by atoms with Gasteiger partial charge in [-0.05, 0) is 12.1 Å². The number of amides is 4. The van der Waals surface area contributed by atoms with Crippen LogP contribution in [0.25, 0.3) is 0 Å². The number of thioether (sulfide) groups is 1. The van der Waals surface area contributed by atoms with Gasteiger partial charge in [-0.3, -0.25) is 14.9 Å². The van der Waals surface area contributed by atoms with Gasteiger partial charge in [-0.15, -0.1) is 10.2 Å². The lowest BCUT2D eigenvalue weighted by Gasteiger charge is -2.25. The van der Waals surface area contributed by atoms with E-state index in [-0.39, 0.29) is 29.2 Å². The number of furan rings is 1. The van der Waals surface area contributed by atoms with Crippen molar-refractivity contribution in [3.8, 4) is 0 Å². The molecule has 1 saturated heterocycles. The second kappa shape index (κ2) is 8.52. The number of hydrogen-bond donors (Lipinski definition) is 2. The highest BCUT2D eigenvalue weighted by Crippen LogP contribution is 2.16. The number of imide groups is 1. The lowest BCUT2D eigenvalue weighted by atomic mass is 10.3. The molecular formula is C15H17N5O5S. The van der Waals surface area contributed by atoms with Crippen LogP contribution >= 0.6 is 11.8 Å². The summed E-state index contributed by atoms with van der Waals surface area (Å²) < 4.78 is 10.6. The minimum Gasteiger partial charge on any atom is -0.467 e. The van der Waals surface area contributed by atoms with E-state index in [1.165, 1.54) is 4.90 Å². The molecule has 3 heterocycles. The lowest BCUT2D eigenvalue weighted by molar-refractivity contribution is -0.121. The van der Waals surface area contributed by atoms with Gasteiger partial charge in [0.05, 0.1) is 18.6 Å². The number of nitrogens with one attached hydrogen (secondary N) is 2. The zero-order valence-electron chi connectivity index (χ0n) is 13.8. The summed E-state index contributed by atoms with van der Waals surface area (Å²) in [7, 11) is 0. The van der Waals surface area contributed by atoms with E-state index in [0.29, 0.717) is 37.7 Å². The molecule has 0 spiro atoms. The lowest BCUT2D eigenvalue weighted by Crippen LogP contribution is -2.49. The Morgan fingerprint density at radius 3 is 3.04 bits per heavy atom. The molecule has 4 amide bonds. The number of nitrogens with zero attached hydrogens (tertiary/aromatic N) is 3. The summed E-state index contributed by atoms with van der Waals surface area (Å²) in [5.41, 5.74) is 0. The maximum absolute atomic E-state index is 11.8. The normalized spacial score (nSPS) is 14.4. The molecule has 0 bridgehead atoms. The van der Waals surface area contributed by atoms with E-state index in [1.807, 2.05) is 0 Å². The van der Waals surface area contributed by atoms with Crippen LogP contribution < -0.4 is 10.6 Å². The van der Waals surface area contributed by atoms with Crippen LogP contribution in [0.5, 0.6) is 0 Å². The first kappa shape index (κ1) is 18.0. The van der Waals surface area contributed by atoms with Crippen molar-refractivity contribution < 1.29 is 23.2 Å². The van der Waals surface area contributed by atoms with Crippen LogP contribution in [0.15, 0.2) is 32.5 Å². The Bertz CT molecular complexity index is 775. The number of rotatable bonds is 8. The van der Waals surface area contributed by atoms with E-state index in [0.717, 1.165) is 11.8 Å². The third-order valence-corrected chi connectivity index (χ3v) is 4.37. The Morgan fingerprint density at radius 1 is 1.38 bits per heavy atom. The average Bonchev–Trinajstić information content (AvgIpc) is 3.29. The van der Waals surface area contributed by atoms with Crippen LogP contribution in [-0.4, -0.2) is 51.8 Å². The van der Waals surface area contributed by atoms with Crippen molar-refractivity contribution >= 4 is 29.6 Å². The van der Waals surface area contributed by atoms with Gasteiger partial charge in [0.2, 0.25) is 17.7 Å². The van der Waals surface area contributed by atoms with Crippen LogP contribution in [0.1, 0.15) is 18.1 Å². The van der Waals surface area contributed by atoms with Gasteiger partial charge in [-0.2, -0.15) is 0 Å². The van der Waals surface area contributed by atoms with Crippen molar-refractivity contribution in [2.75, 3.05) is 18.8 Å². The van der Waals surface area contributed by atoms with Gasteiger partial charge in [0.1, 0.15) is 5.76 Å². The first-order chi connectivity index (χ1) is 12.6. The first-order valence-electron chi connectivity index (χ1n) is 7.93. The van der Waals surface area contributed by atoms with Crippen molar-refractivity contribution in [2.45, 2.75) is 24.6 Å². The highest BCUT2D eigenvalue weighted by molar-refractivity contribution is 7.99. The average molecular weight is 379 g/mol. The topological polar surface area (TPSA) is 131 Å². The quantitative estimate of drug-likeness (QED) is 0.636. The molecule has 0 atom stereocenters. The molecule has 1 fully saturated rings. The molecule has 0 radical (unpaired) electrons. The zero-order chi connectivity index (χ0) is 18.4. The predicted octanol–water partition coefficient (Wildman–Crippen LogP) is 0.556. The molecule has 10 nitrogen and oxygen atoms in total. The Kier molecular flexibility index (Phi) is 5.89. The molecule has 0 unspecified atom stereocenters. The molecule has 11 heteroatoms. The number of carbonyl (C=O) groups excluding carboxylic acids is 3. The van der Waals surface area contributed by atoms with Crippen molar-refractivity contribution in [3.63, 3.8) is 0 Å². The van der Waals surface area contributed by atoms with E-state index in [1.54, 1.807) is 18.4 Å². The Balaban J connectivity index is 1.38. The van der Waals surface area contributed by atoms with Crippen molar-refractivity contribution in [1.29, 1.82) is 0 Å². The monoisotopic (exact) mass is 379 g/mol. The fourth-order valence-electron chi connectivity index (χ4n) is 2.22. The highest BCUT2D eigenvalue weighted by Gasteiger charge is 2.23. The van der Waals surface area contributed by atoms with Crippen LogP contribution in [0.2, 0.25) is 0 Å². The Hall–Kier alpha value is -2.82. The van der Waals surface area contributed by atoms with E-state index in [2.05, 4.69) is 20.8 Å². The van der Waals surface area contributed by atoms with Crippen LogP contribution in [-0.2, 0) is 22.6 Å². The summed E-state index contributed by atoms with van der Waals surface area (Å²) in [6.45, 7) is 1.06. The van der Waals surface area contributed by atoms with Gasteiger partial charge in [-0.1, -0.05) is 11.8 Å². The van der Waals surface area contributed by atoms with E-state index < -0.39 is 6.03 Å². The number of carbonyl (C=O) groups is 3. The zero-order valence-corrected chi connectivity index (χ0v) is 14.6. The predicted molar refractivity (Wildman–Crippen MR) is 89.0 cm³/mol. The maximum atomic E-state index is 11.8. The van der Waals surface area contributed by atoms with Gasteiger partial charge in [0.15, 0.2) is 0 Å². The molecule has 3 rings (SSSR count). The molecule has 0 aromatic carbocycles. The molecule has 138 valence electrons. The van der Waals surface area contributed by atoms with E-state index in [9.17, 15) is 14.4 Å². The summed E-state index contributed by atoms with van der Waals surface area (Å²) >= 11 is 1.13. The molecular weight excluding hydrogens is 362 g/mol. The van der Waals surface area contributed by atoms with Crippen LogP contribution in [0.4, 0.5) is 4.79 Å². The fourth-order valence-corrected chi connectivity index (χ4v) is 2.83. The smallest absolute Gasteiger partial charge is 0.324 e. The van der Waals surface area contributed by atoms with Gasteiger partial charge in [0.25, 0.3) is 5.22 Å². The second-order valence-electron chi connectivity index (χ2n) is 5.45. The summed E-state index contributed by atoms with van der Waals surface area (Å²) in [6.07, 6.45) is 2.20. The molecule has 2 aromatic heterocycles. The van der Waals surface area contributed by atoms with Crippen molar-refractivity contribution in [1.82, 2.24) is 25.7 Å². The molecule has 0 aliphatic carbocycles. The third-order valence-electron chi connectivity index (χ3n) is 3.55. The summed E-state index contributed by atoms with van der Waals surface area (Å²) in [6, 6.07) is 3.11. The number of hydrogen-bond acceptors (Lipinski definition) is 8. The minimum atomic E-state index is -0.413. The second-order valence-corrected chi connectivity index (χ2v) is 6.37. The third kappa shape index (κ3) is 5.09. The van der Waals surface area contributed by atoms with Gasteiger partial charge >= 0.3 is 6.03 Å². The SMILES string of the molecule is O=C(CSc1nnc(CCN2CCC(=O)NC2=O)o1)NCc1ccco1. The van der Waals surface area contributed by atoms with Crippen LogP contribution in [0.3, 0.4) is 0 Å². The highest BCUT2D eigenvalue weighted by atomic mass is 32.2. The molecule has 1 aliphatic rings. The summed E-state index contributed by atoms with van der Waals surface area (Å²) in [5.74, 6) is 0.729. The van der Waals surface area contributed by atoms with E-state index >= 15 is 0 Å². The standard InChI is InChI=1S/C15H17N5O5S/c21-11-3-5-20(14(23)17-11)6-4-13-18-19-15(25-13)26-9-12(22)16-8-10-2-1-7-24-10/h1-2,7H,3-6,8-9H2,(H,16,22)(H,17,21,23). The van der Waals surface area contributed by atoms with Gasteiger partial charge in [0, 0.05) is 25.9 Å². The van der Waals surface area contributed by atoms with Gasteiger partial charge in [-0.25, -0.2) is 4.79 Å². The molecule has 2 N–H and O–H groups in total. The summed E-state index contributed by atoms with van der Waals surface area (Å²) in [5, 5.41) is 13.0. The largest absolute Gasteiger partial charge is 0.467 e. The molecule has 2 aromatic rings. The summed E-state index contributed by atoms with van der Waals surface area (Å²) in [4.78, 5) is 36.0. The fraction of sp³-hybridized carbons (Fsp3) is 0.400. The minimum absolute atomic E-state index is 0.138. The van der Waals surface area contributed by atoms with Gasteiger partial charge < -0.3 is 19.1 Å². The van der Waals surface area contributed by atoms with Crippen molar-refractivity contribution in [3.05, 3.63) is 30.0 Å². The molecule has 0 saturated carbocycles. The van der Waals surface area contributed by atoms with Crippen molar-refractivity contribution in [2.24, 2.45) is 0 Å². The first-order valence-corrected chi connectivity index (χ1v) is 8.92. The molecule has 26 heavy (non-hydrogen) atoms. The molecule has 1 aliphatic heterocycles.